The Bertz CT molecular complexity index is 693. The Morgan fingerprint density at radius 3 is 2.36 bits per heavy atom. The molecular formula is C19H23NO2. The highest BCUT2D eigenvalue weighted by Crippen LogP contribution is 2.27. The van der Waals surface area contributed by atoms with Crippen LogP contribution in [0, 0.1) is 5.92 Å². The molecule has 0 fully saturated rings. The van der Waals surface area contributed by atoms with Crippen LogP contribution < -0.4 is 0 Å². The Hall–Kier alpha value is -1.87. The second-order valence-corrected chi connectivity index (χ2v) is 6.40. The van der Waals surface area contributed by atoms with Gasteiger partial charge in [-0.15, -0.1) is 0 Å². The number of rotatable bonds is 3. The first-order valence-electron chi connectivity index (χ1n) is 7.92. The van der Waals surface area contributed by atoms with Crippen molar-refractivity contribution in [2.45, 2.75) is 32.9 Å². The molecule has 1 heterocycles. The molecule has 116 valence electrons. The lowest BCUT2D eigenvalue weighted by atomic mass is 9.92. The fourth-order valence-corrected chi connectivity index (χ4v) is 3.48. The van der Waals surface area contributed by atoms with Gasteiger partial charge in [-0.1, -0.05) is 44.2 Å². The van der Waals surface area contributed by atoms with E-state index < -0.39 is 0 Å². The van der Waals surface area contributed by atoms with Crippen LogP contribution in [0.2, 0.25) is 0 Å². The molecule has 0 radical (unpaired) electrons. The van der Waals surface area contributed by atoms with Gasteiger partial charge in [-0.2, -0.15) is 0 Å². The summed E-state index contributed by atoms with van der Waals surface area (Å²) in [6.45, 7) is 5.89. The maximum atomic E-state index is 12.1. The summed E-state index contributed by atoms with van der Waals surface area (Å²) in [6.07, 6.45) is 0.986. The third-order valence-electron chi connectivity index (χ3n) is 4.58. The molecular weight excluding hydrogens is 274 g/mol. The van der Waals surface area contributed by atoms with E-state index in [1.807, 2.05) is 0 Å². The van der Waals surface area contributed by atoms with Crippen LogP contribution in [0.3, 0.4) is 0 Å². The Morgan fingerprint density at radius 2 is 1.77 bits per heavy atom. The highest BCUT2D eigenvalue weighted by molar-refractivity contribution is 5.84. The molecule has 1 aliphatic rings. The minimum Gasteiger partial charge on any atom is -0.468 e. The van der Waals surface area contributed by atoms with Gasteiger partial charge in [0.25, 0.3) is 0 Å². The lowest BCUT2D eigenvalue weighted by molar-refractivity contribution is -0.149. The maximum Gasteiger partial charge on any atom is 0.323 e. The van der Waals surface area contributed by atoms with Crippen molar-refractivity contribution < 1.29 is 9.53 Å². The Morgan fingerprint density at radius 1 is 1.14 bits per heavy atom. The topological polar surface area (TPSA) is 29.5 Å². The molecule has 0 aliphatic carbocycles. The van der Waals surface area contributed by atoms with Gasteiger partial charge in [0.2, 0.25) is 0 Å². The van der Waals surface area contributed by atoms with Gasteiger partial charge >= 0.3 is 5.97 Å². The molecule has 0 spiro atoms. The molecule has 0 N–H and O–H groups in total. The first kappa shape index (κ1) is 15.0. The van der Waals surface area contributed by atoms with Gasteiger partial charge in [-0.3, -0.25) is 9.69 Å². The summed E-state index contributed by atoms with van der Waals surface area (Å²) in [4.78, 5) is 14.4. The summed E-state index contributed by atoms with van der Waals surface area (Å²) >= 11 is 0. The Labute approximate surface area is 131 Å². The van der Waals surface area contributed by atoms with Crippen LogP contribution in [0.5, 0.6) is 0 Å². The average molecular weight is 297 g/mol. The van der Waals surface area contributed by atoms with Crippen molar-refractivity contribution in [3.8, 4) is 0 Å². The van der Waals surface area contributed by atoms with E-state index in [1.165, 1.54) is 29.0 Å². The van der Waals surface area contributed by atoms with E-state index in [9.17, 15) is 4.79 Å². The highest BCUT2D eigenvalue weighted by atomic mass is 16.5. The highest BCUT2D eigenvalue weighted by Gasteiger charge is 2.32. The standard InChI is InChI=1S/C19H23NO2/c1-13(2)18(19(21)22-3)20-9-8-16-10-14-6-4-5-7-15(14)11-17(16)12-20/h4-7,10-11,13,18H,8-9,12H2,1-3H3. The first-order valence-corrected chi connectivity index (χ1v) is 7.92. The summed E-state index contributed by atoms with van der Waals surface area (Å²) in [5.74, 6) is 0.119. The van der Waals surface area contributed by atoms with E-state index in [-0.39, 0.29) is 17.9 Å². The second kappa shape index (κ2) is 6.09. The zero-order valence-electron chi connectivity index (χ0n) is 13.5. The van der Waals surface area contributed by atoms with E-state index in [0.717, 1.165) is 19.5 Å². The van der Waals surface area contributed by atoms with Crippen molar-refractivity contribution in [2.75, 3.05) is 13.7 Å². The van der Waals surface area contributed by atoms with Gasteiger partial charge in [0.05, 0.1) is 7.11 Å². The third-order valence-corrected chi connectivity index (χ3v) is 4.58. The Balaban J connectivity index is 1.92. The number of hydrogen-bond acceptors (Lipinski definition) is 3. The molecule has 1 atom stereocenters. The van der Waals surface area contributed by atoms with E-state index in [4.69, 9.17) is 4.74 Å². The SMILES string of the molecule is COC(=O)C(C(C)C)N1CCc2cc3ccccc3cc2C1. The number of benzene rings is 2. The van der Waals surface area contributed by atoms with Crippen LogP contribution in [-0.4, -0.2) is 30.6 Å². The number of methoxy groups -OCH3 is 1. The third kappa shape index (κ3) is 2.73. The number of esters is 1. The minimum absolute atomic E-state index is 0.126. The molecule has 3 rings (SSSR count). The fourth-order valence-electron chi connectivity index (χ4n) is 3.48. The van der Waals surface area contributed by atoms with Gasteiger partial charge in [-0.25, -0.2) is 0 Å². The zero-order valence-corrected chi connectivity index (χ0v) is 13.5. The quantitative estimate of drug-likeness (QED) is 0.813. The van der Waals surface area contributed by atoms with Gasteiger partial charge in [-0.05, 0) is 40.3 Å². The number of carbonyl (C=O) groups excluding carboxylic acids is 1. The van der Waals surface area contributed by atoms with Gasteiger partial charge < -0.3 is 4.74 Å². The Kier molecular flexibility index (Phi) is 4.16. The first-order chi connectivity index (χ1) is 10.6. The smallest absolute Gasteiger partial charge is 0.323 e. The normalized spacial score (nSPS) is 16.5. The lowest BCUT2D eigenvalue weighted by Crippen LogP contribution is -2.47. The van der Waals surface area contributed by atoms with Crippen molar-refractivity contribution in [2.24, 2.45) is 5.92 Å². The number of carbonyl (C=O) groups is 1. The van der Waals surface area contributed by atoms with Crippen LogP contribution in [-0.2, 0) is 22.5 Å². The van der Waals surface area contributed by atoms with Crippen molar-refractivity contribution in [1.29, 1.82) is 0 Å². The van der Waals surface area contributed by atoms with Crippen molar-refractivity contribution in [1.82, 2.24) is 4.90 Å². The molecule has 22 heavy (non-hydrogen) atoms. The molecule has 0 amide bonds. The van der Waals surface area contributed by atoms with E-state index in [2.05, 4.69) is 55.1 Å². The number of ether oxygens (including phenoxy) is 1. The van der Waals surface area contributed by atoms with Gasteiger partial charge in [0, 0.05) is 13.1 Å². The summed E-state index contributed by atoms with van der Waals surface area (Å²) in [7, 11) is 1.48. The average Bonchev–Trinajstić information content (AvgIpc) is 2.52. The molecule has 1 unspecified atom stereocenters. The molecule has 0 bridgehead atoms. The van der Waals surface area contributed by atoms with Crippen LogP contribution in [0.15, 0.2) is 36.4 Å². The maximum absolute atomic E-state index is 12.1. The molecule has 2 aromatic carbocycles. The summed E-state index contributed by atoms with van der Waals surface area (Å²) in [5, 5.41) is 2.56. The largest absolute Gasteiger partial charge is 0.468 e. The predicted molar refractivity (Wildman–Crippen MR) is 88.7 cm³/mol. The second-order valence-electron chi connectivity index (χ2n) is 6.40. The number of fused-ring (bicyclic) bond motifs is 2. The number of hydrogen-bond donors (Lipinski definition) is 0. The van der Waals surface area contributed by atoms with E-state index >= 15 is 0 Å². The van der Waals surface area contributed by atoms with Crippen LogP contribution >= 0.6 is 0 Å². The van der Waals surface area contributed by atoms with Crippen molar-refractivity contribution >= 4 is 16.7 Å². The van der Waals surface area contributed by atoms with Crippen molar-refractivity contribution in [3.63, 3.8) is 0 Å². The van der Waals surface area contributed by atoms with E-state index in [1.54, 1.807) is 0 Å². The van der Waals surface area contributed by atoms with Crippen molar-refractivity contribution in [3.05, 3.63) is 47.5 Å². The summed E-state index contributed by atoms with van der Waals surface area (Å²) in [6, 6.07) is 12.9. The summed E-state index contributed by atoms with van der Waals surface area (Å²) in [5.41, 5.74) is 2.74. The monoisotopic (exact) mass is 297 g/mol. The number of nitrogens with zero attached hydrogens (tertiary/aromatic N) is 1. The van der Waals surface area contributed by atoms with Crippen LogP contribution in [0.25, 0.3) is 10.8 Å². The predicted octanol–water partition coefficient (Wildman–Crippen LogP) is 3.40. The fraction of sp³-hybridized carbons (Fsp3) is 0.421. The summed E-state index contributed by atoms with van der Waals surface area (Å²) < 4.78 is 5.00. The molecule has 0 aromatic heterocycles. The lowest BCUT2D eigenvalue weighted by Gasteiger charge is -2.36. The molecule has 1 aliphatic heterocycles. The molecule has 0 saturated carbocycles. The molecule has 3 heteroatoms. The minimum atomic E-state index is -0.162. The molecule has 3 nitrogen and oxygen atoms in total. The van der Waals surface area contributed by atoms with Gasteiger partial charge in [0.1, 0.15) is 6.04 Å². The molecule has 0 saturated heterocycles. The zero-order chi connectivity index (χ0) is 15.7. The van der Waals surface area contributed by atoms with Crippen LogP contribution in [0.4, 0.5) is 0 Å². The van der Waals surface area contributed by atoms with Gasteiger partial charge in [0.15, 0.2) is 0 Å². The molecule has 2 aromatic rings. The van der Waals surface area contributed by atoms with E-state index in [0.29, 0.717) is 0 Å². The van der Waals surface area contributed by atoms with Crippen LogP contribution in [0.1, 0.15) is 25.0 Å².